The quantitative estimate of drug-likeness (QED) is 0.834. The molecule has 2 heterocycles. The lowest BCUT2D eigenvalue weighted by molar-refractivity contribution is -0.122. The Balaban J connectivity index is 1.63. The van der Waals surface area contributed by atoms with Crippen LogP contribution in [0.3, 0.4) is 0 Å². The van der Waals surface area contributed by atoms with Crippen LogP contribution in [-0.2, 0) is 16.0 Å². The Morgan fingerprint density at radius 3 is 2.96 bits per heavy atom. The molecule has 1 saturated heterocycles. The summed E-state index contributed by atoms with van der Waals surface area (Å²) < 4.78 is 0. The molecule has 0 saturated carbocycles. The lowest BCUT2D eigenvalue weighted by Crippen LogP contribution is -2.28. The van der Waals surface area contributed by atoms with Crippen molar-refractivity contribution in [2.75, 3.05) is 16.8 Å². The van der Waals surface area contributed by atoms with Gasteiger partial charge >= 0.3 is 0 Å². The fourth-order valence-corrected chi connectivity index (χ4v) is 3.75. The maximum Gasteiger partial charge on any atom is 0.231 e. The Morgan fingerprint density at radius 1 is 1.40 bits per heavy atom. The standard InChI is InChI=1S/C17H19ClN4O2S/c1-2-3-8-14-20-21-17(25-14)19-16(24)11-9-15(23)22(10-11)13-7-5-4-6-12(13)18/h4-7,11H,2-3,8-10H2,1H3,(H,19,21,24)/t11-/m0/s1. The molecule has 1 aliphatic heterocycles. The highest BCUT2D eigenvalue weighted by molar-refractivity contribution is 7.15. The summed E-state index contributed by atoms with van der Waals surface area (Å²) in [5.74, 6) is -0.734. The van der Waals surface area contributed by atoms with Crippen molar-refractivity contribution in [3.63, 3.8) is 0 Å². The first-order valence-electron chi connectivity index (χ1n) is 8.26. The average molecular weight is 379 g/mol. The van der Waals surface area contributed by atoms with E-state index in [0.717, 1.165) is 24.3 Å². The van der Waals surface area contributed by atoms with Crippen LogP contribution in [0.5, 0.6) is 0 Å². The number of carbonyl (C=O) groups excluding carboxylic acids is 2. The molecule has 0 unspecified atom stereocenters. The van der Waals surface area contributed by atoms with Crippen molar-refractivity contribution in [3.05, 3.63) is 34.3 Å². The number of anilines is 2. The first-order chi connectivity index (χ1) is 12.1. The van der Waals surface area contributed by atoms with E-state index < -0.39 is 5.92 Å². The van der Waals surface area contributed by atoms with Crippen LogP contribution in [0.15, 0.2) is 24.3 Å². The zero-order chi connectivity index (χ0) is 17.8. The van der Waals surface area contributed by atoms with Crippen LogP contribution in [0.4, 0.5) is 10.8 Å². The molecular weight excluding hydrogens is 360 g/mol. The van der Waals surface area contributed by atoms with Crippen molar-refractivity contribution in [1.29, 1.82) is 0 Å². The normalized spacial score (nSPS) is 17.1. The molecule has 1 fully saturated rings. The van der Waals surface area contributed by atoms with Crippen LogP contribution in [0.1, 0.15) is 31.2 Å². The Kier molecular flexibility index (Phi) is 5.65. The van der Waals surface area contributed by atoms with E-state index >= 15 is 0 Å². The third kappa shape index (κ3) is 4.16. The van der Waals surface area contributed by atoms with Crippen LogP contribution in [-0.4, -0.2) is 28.6 Å². The van der Waals surface area contributed by atoms with Crippen LogP contribution in [0, 0.1) is 5.92 Å². The minimum Gasteiger partial charge on any atom is -0.310 e. The van der Waals surface area contributed by atoms with Crippen LogP contribution in [0.25, 0.3) is 0 Å². The minimum absolute atomic E-state index is 0.103. The van der Waals surface area contributed by atoms with Gasteiger partial charge in [-0.1, -0.05) is 48.4 Å². The second kappa shape index (κ2) is 7.93. The largest absolute Gasteiger partial charge is 0.310 e. The maximum absolute atomic E-state index is 12.5. The SMILES string of the molecule is CCCCc1nnc(NC(=O)[C@H]2CC(=O)N(c3ccccc3Cl)C2)s1. The van der Waals surface area contributed by atoms with E-state index in [0.29, 0.717) is 22.4 Å². The minimum atomic E-state index is -0.424. The number of hydrogen-bond acceptors (Lipinski definition) is 5. The van der Waals surface area contributed by atoms with E-state index in [9.17, 15) is 9.59 Å². The molecule has 1 aromatic carbocycles. The lowest BCUT2D eigenvalue weighted by Gasteiger charge is -2.17. The number of nitrogens with one attached hydrogen (secondary N) is 1. The van der Waals surface area contributed by atoms with Gasteiger partial charge in [-0.15, -0.1) is 10.2 Å². The smallest absolute Gasteiger partial charge is 0.231 e. The number of aromatic nitrogens is 2. The number of carbonyl (C=O) groups is 2. The fraction of sp³-hybridized carbons (Fsp3) is 0.412. The predicted molar refractivity (Wildman–Crippen MR) is 99.1 cm³/mol. The van der Waals surface area contributed by atoms with E-state index in [4.69, 9.17) is 11.6 Å². The van der Waals surface area contributed by atoms with Gasteiger partial charge in [-0.3, -0.25) is 9.59 Å². The molecule has 0 aliphatic carbocycles. The van der Waals surface area contributed by atoms with Gasteiger partial charge in [0.05, 0.1) is 16.6 Å². The van der Waals surface area contributed by atoms with Gasteiger partial charge in [0.1, 0.15) is 5.01 Å². The Bertz CT molecular complexity index is 780. The Labute approximate surface area is 155 Å². The zero-order valence-electron chi connectivity index (χ0n) is 13.9. The lowest BCUT2D eigenvalue weighted by atomic mass is 10.1. The van der Waals surface area contributed by atoms with Gasteiger partial charge in [0, 0.05) is 19.4 Å². The number of aryl methyl sites for hydroxylation is 1. The molecule has 0 radical (unpaired) electrons. The number of nitrogens with zero attached hydrogens (tertiary/aromatic N) is 3. The molecule has 3 rings (SSSR count). The van der Waals surface area contributed by atoms with Gasteiger partial charge in [-0.2, -0.15) is 0 Å². The van der Waals surface area contributed by atoms with Crippen molar-refractivity contribution >= 4 is 45.6 Å². The monoisotopic (exact) mass is 378 g/mol. The first-order valence-corrected chi connectivity index (χ1v) is 9.46. The summed E-state index contributed by atoms with van der Waals surface area (Å²) in [4.78, 5) is 26.3. The predicted octanol–water partition coefficient (Wildman–Crippen LogP) is 3.53. The Hall–Kier alpha value is -1.99. The number of amides is 2. The first kappa shape index (κ1) is 17.8. The number of hydrogen-bond donors (Lipinski definition) is 1. The second-order valence-electron chi connectivity index (χ2n) is 5.95. The second-order valence-corrected chi connectivity index (χ2v) is 7.42. The molecular formula is C17H19ClN4O2S. The molecule has 0 spiro atoms. The van der Waals surface area contributed by atoms with E-state index in [2.05, 4.69) is 22.4 Å². The summed E-state index contributed by atoms with van der Waals surface area (Å²) in [6.45, 7) is 2.43. The van der Waals surface area contributed by atoms with E-state index in [-0.39, 0.29) is 18.2 Å². The summed E-state index contributed by atoms with van der Waals surface area (Å²) in [5, 5.41) is 12.8. The molecule has 1 aliphatic rings. The number of benzene rings is 1. The summed E-state index contributed by atoms with van der Waals surface area (Å²) in [6, 6.07) is 7.14. The third-order valence-corrected chi connectivity index (χ3v) is 5.30. The van der Waals surface area contributed by atoms with Crippen LogP contribution in [0.2, 0.25) is 5.02 Å². The molecule has 1 N–H and O–H groups in total. The molecule has 1 aromatic heterocycles. The Morgan fingerprint density at radius 2 is 2.20 bits per heavy atom. The van der Waals surface area contributed by atoms with E-state index in [1.165, 1.54) is 11.3 Å². The number of rotatable bonds is 6. The molecule has 132 valence electrons. The van der Waals surface area contributed by atoms with E-state index in [1.54, 1.807) is 17.0 Å². The van der Waals surface area contributed by atoms with Crippen molar-refractivity contribution in [2.45, 2.75) is 32.6 Å². The summed E-state index contributed by atoms with van der Waals surface area (Å²) in [5.41, 5.74) is 0.641. The van der Waals surface area contributed by atoms with Gasteiger partial charge in [0.15, 0.2) is 0 Å². The van der Waals surface area contributed by atoms with Crippen LogP contribution < -0.4 is 10.2 Å². The summed E-state index contributed by atoms with van der Waals surface area (Å²) in [6.07, 6.45) is 3.17. The zero-order valence-corrected chi connectivity index (χ0v) is 15.4. The molecule has 2 aromatic rings. The molecule has 6 nitrogen and oxygen atoms in total. The number of halogens is 1. The molecule has 0 bridgehead atoms. The van der Waals surface area contributed by atoms with Gasteiger partial charge in [-0.25, -0.2) is 0 Å². The molecule has 8 heteroatoms. The maximum atomic E-state index is 12.5. The molecule has 2 amide bonds. The average Bonchev–Trinajstić information content (AvgIpc) is 3.20. The highest BCUT2D eigenvalue weighted by Crippen LogP contribution is 2.31. The van der Waals surface area contributed by atoms with Crippen LogP contribution >= 0.6 is 22.9 Å². The van der Waals surface area contributed by atoms with Crippen molar-refractivity contribution in [3.8, 4) is 0 Å². The summed E-state index contributed by atoms with van der Waals surface area (Å²) >= 11 is 7.55. The third-order valence-electron chi connectivity index (χ3n) is 4.08. The molecule has 1 atom stereocenters. The topological polar surface area (TPSA) is 75.2 Å². The highest BCUT2D eigenvalue weighted by Gasteiger charge is 2.36. The summed E-state index contributed by atoms with van der Waals surface area (Å²) in [7, 11) is 0. The van der Waals surface area contributed by atoms with Gasteiger partial charge < -0.3 is 10.2 Å². The van der Waals surface area contributed by atoms with Crippen molar-refractivity contribution < 1.29 is 9.59 Å². The number of unbranched alkanes of at least 4 members (excludes halogenated alkanes) is 1. The van der Waals surface area contributed by atoms with Crippen molar-refractivity contribution in [1.82, 2.24) is 10.2 Å². The molecule has 25 heavy (non-hydrogen) atoms. The highest BCUT2D eigenvalue weighted by atomic mass is 35.5. The fourth-order valence-electron chi connectivity index (χ4n) is 2.73. The van der Waals surface area contributed by atoms with Gasteiger partial charge in [0.25, 0.3) is 0 Å². The van der Waals surface area contributed by atoms with Crippen molar-refractivity contribution in [2.24, 2.45) is 5.92 Å². The number of para-hydroxylation sites is 1. The van der Waals surface area contributed by atoms with Gasteiger partial charge in [-0.05, 0) is 18.6 Å². The van der Waals surface area contributed by atoms with Gasteiger partial charge in [0.2, 0.25) is 16.9 Å². The van der Waals surface area contributed by atoms with E-state index in [1.807, 2.05) is 12.1 Å².